The molecule has 0 bridgehead atoms. The zero-order valence-electron chi connectivity index (χ0n) is 22.2. The quantitative estimate of drug-likeness (QED) is 0.101. The van der Waals surface area contributed by atoms with Crippen LogP contribution in [0.1, 0.15) is 168 Å². The molecule has 0 aromatic rings. The minimum atomic E-state index is -0.795. The van der Waals surface area contributed by atoms with E-state index in [2.05, 4.69) is 13.8 Å². The number of carboxylic acids is 1. The number of carbonyl (C=O) groups excluding carboxylic acids is 1. The summed E-state index contributed by atoms with van der Waals surface area (Å²) in [6.45, 7) is 4.51. The Morgan fingerprint density at radius 3 is 1.30 bits per heavy atom. The van der Waals surface area contributed by atoms with E-state index in [9.17, 15) is 9.59 Å². The Labute approximate surface area is 205 Å². The summed E-state index contributed by atoms with van der Waals surface area (Å²) in [4.78, 5) is 22.9. The first kappa shape index (κ1) is 31.9. The molecular weight excluding hydrogens is 412 g/mol. The van der Waals surface area contributed by atoms with Gasteiger partial charge in [-0.25, -0.2) is 0 Å². The van der Waals surface area contributed by atoms with Crippen molar-refractivity contribution < 1.29 is 19.4 Å². The van der Waals surface area contributed by atoms with Crippen LogP contribution in [0, 0.1) is 0 Å². The fourth-order valence-corrected chi connectivity index (χ4v) is 4.42. The summed E-state index contributed by atoms with van der Waals surface area (Å²) < 4.78 is 5.81. The van der Waals surface area contributed by atoms with Crippen molar-refractivity contribution in [2.45, 2.75) is 174 Å². The Kier molecular flexibility index (Phi) is 24.7. The van der Waals surface area contributed by atoms with E-state index in [1.54, 1.807) is 0 Å². The standard InChI is InChI=1S/C29H56O4/c1-3-5-7-9-11-13-14-16-18-20-24-27(23-19-17-15-12-10-8-6-4-2)33-29(32)26-22-21-25-28(30)31/h27H,3-26H2,1-2H3,(H,30,31). The minimum Gasteiger partial charge on any atom is -0.481 e. The number of rotatable bonds is 26. The molecule has 1 atom stereocenters. The molecule has 0 aromatic carbocycles. The lowest BCUT2D eigenvalue weighted by atomic mass is 10.0. The van der Waals surface area contributed by atoms with E-state index in [4.69, 9.17) is 9.84 Å². The van der Waals surface area contributed by atoms with Crippen LogP contribution in [0.3, 0.4) is 0 Å². The maximum atomic E-state index is 12.2. The molecule has 0 fully saturated rings. The van der Waals surface area contributed by atoms with Crippen LogP contribution in [0.15, 0.2) is 0 Å². The van der Waals surface area contributed by atoms with Gasteiger partial charge in [-0.3, -0.25) is 9.59 Å². The van der Waals surface area contributed by atoms with Gasteiger partial charge in [-0.1, -0.05) is 117 Å². The van der Waals surface area contributed by atoms with Crippen LogP contribution in [0.5, 0.6) is 0 Å². The average Bonchev–Trinajstić information content (AvgIpc) is 2.79. The third kappa shape index (κ3) is 25.4. The Hall–Kier alpha value is -1.06. The third-order valence-corrected chi connectivity index (χ3v) is 6.58. The summed E-state index contributed by atoms with van der Waals surface area (Å²) in [6.07, 6.45) is 27.2. The van der Waals surface area contributed by atoms with Crippen molar-refractivity contribution in [3.63, 3.8) is 0 Å². The fraction of sp³-hybridized carbons (Fsp3) is 0.931. The number of unbranched alkanes of at least 4 members (excludes halogenated alkanes) is 17. The van der Waals surface area contributed by atoms with Crippen LogP contribution in [0.4, 0.5) is 0 Å². The smallest absolute Gasteiger partial charge is 0.306 e. The summed E-state index contributed by atoms with van der Waals surface area (Å²) in [6, 6.07) is 0. The molecule has 0 rings (SSSR count). The molecule has 0 saturated carbocycles. The first-order valence-electron chi connectivity index (χ1n) is 14.5. The van der Waals surface area contributed by atoms with Crippen molar-refractivity contribution >= 4 is 11.9 Å². The maximum Gasteiger partial charge on any atom is 0.306 e. The van der Waals surface area contributed by atoms with Crippen molar-refractivity contribution in [2.75, 3.05) is 0 Å². The van der Waals surface area contributed by atoms with Crippen LogP contribution in [-0.2, 0) is 14.3 Å². The topological polar surface area (TPSA) is 63.6 Å². The van der Waals surface area contributed by atoms with E-state index in [0.717, 1.165) is 25.7 Å². The first-order chi connectivity index (χ1) is 16.1. The summed E-state index contributed by atoms with van der Waals surface area (Å²) >= 11 is 0. The number of esters is 1. The molecule has 0 amide bonds. The molecule has 1 N–H and O–H groups in total. The van der Waals surface area contributed by atoms with Gasteiger partial charge in [0.25, 0.3) is 0 Å². The Bertz CT molecular complexity index is 435. The van der Waals surface area contributed by atoms with Crippen molar-refractivity contribution in [1.82, 2.24) is 0 Å². The highest BCUT2D eigenvalue weighted by Crippen LogP contribution is 2.18. The van der Waals surface area contributed by atoms with Gasteiger partial charge in [0, 0.05) is 12.8 Å². The van der Waals surface area contributed by atoms with Gasteiger partial charge in [0.05, 0.1) is 0 Å². The van der Waals surface area contributed by atoms with E-state index >= 15 is 0 Å². The van der Waals surface area contributed by atoms with Crippen molar-refractivity contribution in [3.8, 4) is 0 Å². The molecule has 0 radical (unpaired) electrons. The number of hydrogen-bond donors (Lipinski definition) is 1. The molecular formula is C29H56O4. The highest BCUT2D eigenvalue weighted by atomic mass is 16.5. The van der Waals surface area contributed by atoms with Crippen LogP contribution < -0.4 is 0 Å². The Morgan fingerprint density at radius 2 is 0.909 bits per heavy atom. The third-order valence-electron chi connectivity index (χ3n) is 6.58. The van der Waals surface area contributed by atoms with Gasteiger partial charge in [-0.15, -0.1) is 0 Å². The lowest BCUT2D eigenvalue weighted by Crippen LogP contribution is -2.18. The number of carbonyl (C=O) groups is 2. The first-order valence-corrected chi connectivity index (χ1v) is 14.5. The summed E-state index contributed by atoms with van der Waals surface area (Å²) in [5.74, 6) is -0.936. The second-order valence-electron chi connectivity index (χ2n) is 9.95. The monoisotopic (exact) mass is 468 g/mol. The molecule has 0 heterocycles. The zero-order valence-corrected chi connectivity index (χ0v) is 22.2. The molecule has 0 aromatic heterocycles. The van der Waals surface area contributed by atoms with Crippen LogP contribution >= 0.6 is 0 Å². The van der Waals surface area contributed by atoms with Crippen molar-refractivity contribution in [3.05, 3.63) is 0 Å². The molecule has 1 unspecified atom stereocenters. The van der Waals surface area contributed by atoms with Crippen LogP contribution in [0.2, 0.25) is 0 Å². The zero-order chi connectivity index (χ0) is 24.4. The molecule has 33 heavy (non-hydrogen) atoms. The van der Waals surface area contributed by atoms with Gasteiger partial charge < -0.3 is 9.84 Å². The SMILES string of the molecule is CCCCCCCCCCCCC(CCCCCCCCCC)OC(=O)CCCCC(=O)O. The molecule has 4 nitrogen and oxygen atoms in total. The fourth-order valence-electron chi connectivity index (χ4n) is 4.42. The van der Waals surface area contributed by atoms with E-state index in [0.29, 0.717) is 19.3 Å². The van der Waals surface area contributed by atoms with Gasteiger partial charge in [0.15, 0.2) is 0 Å². The molecule has 0 saturated heterocycles. The average molecular weight is 469 g/mol. The molecule has 0 aliphatic carbocycles. The molecule has 0 aliphatic rings. The Morgan fingerprint density at radius 1 is 0.545 bits per heavy atom. The van der Waals surface area contributed by atoms with Gasteiger partial charge in [-0.2, -0.15) is 0 Å². The van der Waals surface area contributed by atoms with E-state index < -0.39 is 5.97 Å². The van der Waals surface area contributed by atoms with Crippen molar-refractivity contribution in [1.29, 1.82) is 0 Å². The normalized spacial score (nSPS) is 12.1. The summed E-state index contributed by atoms with van der Waals surface area (Å²) in [5, 5.41) is 8.73. The highest BCUT2D eigenvalue weighted by Gasteiger charge is 2.14. The lowest BCUT2D eigenvalue weighted by molar-refractivity contribution is -0.150. The predicted octanol–water partition coefficient (Wildman–Crippen LogP) is 9.39. The number of aliphatic carboxylic acids is 1. The van der Waals surface area contributed by atoms with Gasteiger partial charge >= 0.3 is 11.9 Å². The summed E-state index contributed by atoms with van der Waals surface area (Å²) in [5.41, 5.74) is 0. The minimum absolute atomic E-state index is 0.0473. The highest BCUT2D eigenvalue weighted by molar-refractivity contribution is 5.70. The number of ether oxygens (including phenoxy) is 1. The number of hydrogen-bond acceptors (Lipinski definition) is 3. The number of carboxylic acid groups (broad SMARTS) is 1. The van der Waals surface area contributed by atoms with Gasteiger partial charge in [-0.05, 0) is 38.5 Å². The predicted molar refractivity (Wildman–Crippen MR) is 140 cm³/mol. The van der Waals surface area contributed by atoms with E-state index in [-0.39, 0.29) is 18.5 Å². The molecule has 0 aliphatic heterocycles. The molecule has 0 spiro atoms. The van der Waals surface area contributed by atoms with Gasteiger partial charge in [0.1, 0.15) is 6.10 Å². The molecule has 4 heteroatoms. The lowest BCUT2D eigenvalue weighted by Gasteiger charge is -2.18. The Balaban J connectivity index is 4.03. The van der Waals surface area contributed by atoms with Gasteiger partial charge in [0.2, 0.25) is 0 Å². The second kappa shape index (κ2) is 25.6. The maximum absolute atomic E-state index is 12.2. The second-order valence-corrected chi connectivity index (χ2v) is 9.95. The summed E-state index contributed by atoms with van der Waals surface area (Å²) in [7, 11) is 0. The van der Waals surface area contributed by atoms with Crippen LogP contribution in [-0.4, -0.2) is 23.1 Å². The van der Waals surface area contributed by atoms with E-state index in [1.807, 2.05) is 0 Å². The van der Waals surface area contributed by atoms with Crippen LogP contribution in [0.25, 0.3) is 0 Å². The van der Waals surface area contributed by atoms with E-state index in [1.165, 1.54) is 103 Å². The largest absolute Gasteiger partial charge is 0.481 e. The molecule has 196 valence electrons. The van der Waals surface area contributed by atoms with Crippen molar-refractivity contribution in [2.24, 2.45) is 0 Å².